The van der Waals surface area contributed by atoms with Crippen molar-refractivity contribution in [1.29, 1.82) is 0 Å². The molecule has 0 bridgehead atoms. The molecule has 1 unspecified atom stereocenters. The Kier molecular flexibility index (Phi) is 2.47. The number of ketones is 1. The van der Waals surface area contributed by atoms with Crippen LogP contribution in [0.25, 0.3) is 0 Å². The number of hydrazone groups is 1. The van der Waals surface area contributed by atoms with Crippen molar-refractivity contribution in [2.75, 3.05) is 6.79 Å². The molecule has 5 heteroatoms. The van der Waals surface area contributed by atoms with Crippen molar-refractivity contribution in [1.82, 2.24) is 5.43 Å². The topological polar surface area (TPSA) is 59.9 Å². The summed E-state index contributed by atoms with van der Waals surface area (Å²) in [5.74, 6) is 1.36. The number of Topliss-reactive ketones (excluding diaryl/α,β-unsaturated/α-hetero) is 1. The van der Waals surface area contributed by atoms with E-state index in [1.54, 1.807) is 0 Å². The average molecular weight is 246 g/mol. The molecule has 1 aromatic carbocycles. The number of nitrogens with one attached hydrogen (secondary N) is 1. The van der Waals surface area contributed by atoms with E-state index in [0.29, 0.717) is 11.5 Å². The lowest BCUT2D eigenvalue weighted by Crippen LogP contribution is -2.22. The third-order valence-corrected chi connectivity index (χ3v) is 3.11. The molecule has 2 aliphatic rings. The minimum Gasteiger partial charge on any atom is -0.454 e. The van der Waals surface area contributed by atoms with Crippen LogP contribution < -0.4 is 14.9 Å². The molecule has 0 saturated heterocycles. The highest BCUT2D eigenvalue weighted by molar-refractivity contribution is 6.45. The molecule has 0 aromatic heterocycles. The van der Waals surface area contributed by atoms with Gasteiger partial charge in [0.2, 0.25) is 6.79 Å². The van der Waals surface area contributed by atoms with Gasteiger partial charge in [0.15, 0.2) is 17.3 Å². The van der Waals surface area contributed by atoms with Gasteiger partial charge in [-0.3, -0.25) is 4.79 Å². The number of rotatable bonds is 1. The Morgan fingerprint density at radius 3 is 2.83 bits per heavy atom. The predicted molar refractivity (Wildman–Crippen MR) is 66.1 cm³/mol. The summed E-state index contributed by atoms with van der Waals surface area (Å²) >= 11 is 0. The third kappa shape index (κ3) is 1.72. The maximum absolute atomic E-state index is 11.7. The molecule has 1 atom stereocenters. The molecule has 3 rings (SSSR count). The van der Waals surface area contributed by atoms with Crippen molar-refractivity contribution >= 4 is 11.5 Å². The van der Waals surface area contributed by atoms with Gasteiger partial charge in [-0.2, -0.15) is 5.10 Å². The van der Waals surface area contributed by atoms with Crippen LogP contribution in [0.1, 0.15) is 25.0 Å². The Morgan fingerprint density at radius 1 is 1.39 bits per heavy atom. The van der Waals surface area contributed by atoms with Gasteiger partial charge in [0.25, 0.3) is 0 Å². The van der Waals surface area contributed by atoms with E-state index in [2.05, 4.69) is 10.5 Å². The fourth-order valence-electron chi connectivity index (χ4n) is 2.25. The molecule has 0 fully saturated rings. The van der Waals surface area contributed by atoms with Crippen LogP contribution in [0.2, 0.25) is 0 Å². The van der Waals surface area contributed by atoms with Gasteiger partial charge >= 0.3 is 0 Å². The van der Waals surface area contributed by atoms with Crippen LogP contribution in [0, 0.1) is 0 Å². The second kappa shape index (κ2) is 4.01. The van der Waals surface area contributed by atoms with Gasteiger partial charge in [0.1, 0.15) is 5.71 Å². The predicted octanol–water partition coefficient (Wildman–Crippen LogP) is 1.24. The van der Waals surface area contributed by atoms with Gasteiger partial charge in [0, 0.05) is 18.5 Å². The smallest absolute Gasteiger partial charge is 0.231 e. The highest BCUT2D eigenvalue weighted by atomic mass is 16.7. The summed E-state index contributed by atoms with van der Waals surface area (Å²) < 4.78 is 10.7. The van der Waals surface area contributed by atoms with Crippen LogP contribution in [0.15, 0.2) is 17.2 Å². The summed E-state index contributed by atoms with van der Waals surface area (Å²) in [5.41, 5.74) is 5.33. The van der Waals surface area contributed by atoms with E-state index >= 15 is 0 Å². The molecule has 0 saturated carbocycles. The highest BCUT2D eigenvalue weighted by Crippen LogP contribution is 2.36. The highest BCUT2D eigenvalue weighted by Gasteiger charge is 2.24. The Labute approximate surface area is 105 Å². The molecule has 0 amide bonds. The molecule has 94 valence electrons. The molecule has 2 heterocycles. The standard InChI is InChI=1S/C13H14N2O3/c1-7-3-9-4-11-12(18-6-17-11)5-10(9)13(8(2)16)15-14-7/h4-5,7,14H,3,6H2,1-2H3. The molecule has 0 radical (unpaired) electrons. The van der Waals surface area contributed by atoms with E-state index in [1.807, 2.05) is 19.1 Å². The largest absolute Gasteiger partial charge is 0.454 e. The minimum absolute atomic E-state index is 0.0586. The van der Waals surface area contributed by atoms with Gasteiger partial charge < -0.3 is 14.9 Å². The van der Waals surface area contributed by atoms with Crippen LogP contribution >= 0.6 is 0 Å². The molecule has 0 aliphatic carbocycles. The maximum atomic E-state index is 11.7. The number of benzene rings is 1. The lowest BCUT2D eigenvalue weighted by atomic mass is 9.96. The van der Waals surface area contributed by atoms with Crippen LogP contribution in [-0.4, -0.2) is 24.3 Å². The average Bonchev–Trinajstić information content (AvgIpc) is 2.68. The maximum Gasteiger partial charge on any atom is 0.231 e. The molecule has 1 N–H and O–H groups in total. The lowest BCUT2D eigenvalue weighted by Gasteiger charge is -2.10. The molecule has 0 spiro atoms. The second-order valence-corrected chi connectivity index (χ2v) is 4.61. The van der Waals surface area contributed by atoms with E-state index < -0.39 is 0 Å². The van der Waals surface area contributed by atoms with Crippen molar-refractivity contribution in [2.45, 2.75) is 26.3 Å². The SMILES string of the molecule is CC(=O)C1=NNC(C)Cc2cc3c(cc21)OCO3. The first-order valence-electron chi connectivity index (χ1n) is 5.92. The summed E-state index contributed by atoms with van der Waals surface area (Å²) in [6, 6.07) is 3.97. The van der Waals surface area contributed by atoms with Gasteiger partial charge in [-0.15, -0.1) is 0 Å². The Bertz CT molecular complexity index is 551. The number of fused-ring (bicyclic) bond motifs is 2. The number of ether oxygens (including phenoxy) is 2. The van der Waals surface area contributed by atoms with Crippen LogP contribution in [-0.2, 0) is 11.2 Å². The summed E-state index contributed by atoms with van der Waals surface area (Å²) in [7, 11) is 0. The van der Waals surface area contributed by atoms with Crippen LogP contribution in [0.3, 0.4) is 0 Å². The van der Waals surface area contributed by atoms with Crippen molar-refractivity contribution in [2.24, 2.45) is 5.10 Å². The van der Waals surface area contributed by atoms with E-state index in [-0.39, 0.29) is 18.6 Å². The quantitative estimate of drug-likeness (QED) is 0.810. The summed E-state index contributed by atoms with van der Waals surface area (Å²) in [6.07, 6.45) is 0.798. The Morgan fingerprint density at radius 2 is 2.11 bits per heavy atom. The number of carbonyl (C=O) groups is 1. The minimum atomic E-state index is -0.0586. The number of hydrogen-bond acceptors (Lipinski definition) is 5. The first-order chi connectivity index (χ1) is 8.65. The molecule has 18 heavy (non-hydrogen) atoms. The molecular weight excluding hydrogens is 232 g/mol. The Balaban J connectivity index is 2.16. The van der Waals surface area contributed by atoms with E-state index in [0.717, 1.165) is 23.3 Å². The molecule has 5 nitrogen and oxygen atoms in total. The van der Waals surface area contributed by atoms with Gasteiger partial charge in [-0.05, 0) is 31.0 Å². The first kappa shape index (κ1) is 11.1. The Hall–Kier alpha value is -2.04. The normalized spacial score (nSPS) is 20.6. The first-order valence-corrected chi connectivity index (χ1v) is 5.92. The fourth-order valence-corrected chi connectivity index (χ4v) is 2.25. The number of carbonyl (C=O) groups excluding carboxylic acids is 1. The van der Waals surface area contributed by atoms with Gasteiger partial charge in [-0.1, -0.05) is 0 Å². The van der Waals surface area contributed by atoms with Crippen molar-refractivity contribution in [3.05, 3.63) is 23.3 Å². The summed E-state index contributed by atoms with van der Waals surface area (Å²) in [4.78, 5) is 11.7. The number of nitrogens with zero attached hydrogens (tertiary/aromatic N) is 1. The van der Waals surface area contributed by atoms with Crippen LogP contribution in [0.4, 0.5) is 0 Å². The third-order valence-electron chi connectivity index (χ3n) is 3.11. The van der Waals surface area contributed by atoms with E-state index in [9.17, 15) is 4.79 Å². The van der Waals surface area contributed by atoms with Crippen molar-refractivity contribution in [3.63, 3.8) is 0 Å². The van der Waals surface area contributed by atoms with Crippen molar-refractivity contribution in [3.8, 4) is 11.5 Å². The second-order valence-electron chi connectivity index (χ2n) is 4.61. The van der Waals surface area contributed by atoms with Gasteiger partial charge in [0.05, 0.1) is 0 Å². The monoisotopic (exact) mass is 246 g/mol. The zero-order chi connectivity index (χ0) is 12.7. The lowest BCUT2D eigenvalue weighted by molar-refractivity contribution is -0.111. The summed E-state index contributed by atoms with van der Waals surface area (Å²) in [6.45, 7) is 3.78. The summed E-state index contributed by atoms with van der Waals surface area (Å²) in [5, 5.41) is 4.19. The van der Waals surface area contributed by atoms with E-state index in [4.69, 9.17) is 9.47 Å². The van der Waals surface area contributed by atoms with Crippen molar-refractivity contribution < 1.29 is 14.3 Å². The van der Waals surface area contributed by atoms with E-state index in [1.165, 1.54) is 6.92 Å². The zero-order valence-electron chi connectivity index (χ0n) is 10.3. The number of hydrogen-bond donors (Lipinski definition) is 1. The van der Waals surface area contributed by atoms with Gasteiger partial charge in [-0.25, -0.2) is 0 Å². The zero-order valence-corrected chi connectivity index (χ0v) is 10.3. The molecule has 2 aliphatic heterocycles. The van der Waals surface area contributed by atoms with Crippen LogP contribution in [0.5, 0.6) is 11.5 Å². The fraction of sp³-hybridized carbons (Fsp3) is 0.385. The molecular formula is C13H14N2O3. The molecule has 1 aromatic rings.